The Kier molecular flexibility index (Phi) is 5.15. The fraction of sp³-hybridized carbons (Fsp3) is 0.353. The largest absolute Gasteiger partial charge is 0.373 e. The van der Waals surface area contributed by atoms with Crippen molar-refractivity contribution in [2.75, 3.05) is 0 Å². The summed E-state index contributed by atoms with van der Waals surface area (Å²) < 4.78 is 0. The molecule has 0 atom stereocenters. The molecule has 1 aliphatic rings. The lowest BCUT2D eigenvalue weighted by molar-refractivity contribution is -0.272. The minimum absolute atomic E-state index is 0.0606. The number of hydrogen-bond acceptors (Lipinski definition) is 3. The molecule has 1 aromatic carbocycles. The van der Waals surface area contributed by atoms with Crippen LogP contribution in [0.25, 0.3) is 0 Å². The monoisotopic (exact) mass is 302 g/mol. The lowest BCUT2D eigenvalue weighted by Gasteiger charge is -2.19. The van der Waals surface area contributed by atoms with Crippen molar-refractivity contribution in [3.8, 4) is 0 Å². The van der Waals surface area contributed by atoms with E-state index >= 15 is 0 Å². The summed E-state index contributed by atoms with van der Waals surface area (Å²) in [7, 11) is -1.83. The van der Waals surface area contributed by atoms with E-state index in [2.05, 4.69) is 19.7 Å². The Morgan fingerprint density at radius 3 is 2.29 bits per heavy atom. The van der Waals surface area contributed by atoms with Gasteiger partial charge in [-0.1, -0.05) is 48.1 Å². The highest BCUT2D eigenvalue weighted by Crippen LogP contribution is 2.21. The molecular weight excluding hydrogens is 280 g/mol. The van der Waals surface area contributed by atoms with E-state index in [9.17, 15) is 4.79 Å². The van der Waals surface area contributed by atoms with Crippen molar-refractivity contribution >= 4 is 19.2 Å². The number of rotatable bonds is 6. The minimum Gasteiger partial charge on any atom is -0.293 e. The molecule has 0 aliphatic heterocycles. The third kappa shape index (κ3) is 3.71. The lowest BCUT2D eigenvalue weighted by Crippen LogP contribution is -2.40. The number of benzene rings is 1. The topological polar surface area (TPSA) is 35.5 Å². The van der Waals surface area contributed by atoms with Crippen molar-refractivity contribution in [3.05, 3.63) is 54.4 Å². The zero-order chi connectivity index (χ0) is 15.3. The first-order chi connectivity index (χ1) is 10.1. The SMILES string of the molecule is C=C[Si](C)(C=C)c1ccc(C(=O)OOC2CCCC2)cc1. The average Bonchev–Trinajstić information content (AvgIpc) is 3.05. The van der Waals surface area contributed by atoms with Crippen molar-refractivity contribution in [3.63, 3.8) is 0 Å². The smallest absolute Gasteiger partial charge is 0.293 e. The maximum Gasteiger partial charge on any atom is 0.373 e. The maximum atomic E-state index is 11.9. The highest BCUT2D eigenvalue weighted by atomic mass is 28.3. The fourth-order valence-electron chi connectivity index (χ4n) is 2.43. The molecule has 0 bridgehead atoms. The van der Waals surface area contributed by atoms with Gasteiger partial charge in [0.2, 0.25) is 0 Å². The first-order valence-corrected chi connectivity index (χ1v) is 10.00. The van der Waals surface area contributed by atoms with Crippen LogP contribution >= 0.6 is 0 Å². The van der Waals surface area contributed by atoms with E-state index in [0.29, 0.717) is 5.56 Å². The zero-order valence-electron chi connectivity index (χ0n) is 12.5. The predicted molar refractivity (Wildman–Crippen MR) is 86.8 cm³/mol. The molecule has 21 heavy (non-hydrogen) atoms. The molecule has 2 rings (SSSR count). The molecule has 0 aromatic heterocycles. The van der Waals surface area contributed by atoms with Crippen LogP contribution in [-0.4, -0.2) is 20.1 Å². The second-order valence-corrected chi connectivity index (χ2v) is 9.60. The zero-order valence-corrected chi connectivity index (χ0v) is 13.5. The van der Waals surface area contributed by atoms with Gasteiger partial charge in [-0.2, -0.15) is 4.89 Å². The summed E-state index contributed by atoms with van der Waals surface area (Å²) in [4.78, 5) is 22.0. The summed E-state index contributed by atoms with van der Waals surface area (Å²) in [5, 5.41) is 1.17. The molecule has 0 N–H and O–H groups in total. The summed E-state index contributed by atoms with van der Waals surface area (Å²) in [6, 6.07) is 7.44. The standard InChI is InChI=1S/C17H22O3Si/c1-4-21(3,5-2)16-12-10-14(11-13-16)17(18)20-19-15-8-6-7-9-15/h4-5,10-13,15H,1-2,6-9H2,3H3. The van der Waals surface area contributed by atoms with Crippen molar-refractivity contribution in [1.82, 2.24) is 0 Å². The van der Waals surface area contributed by atoms with Gasteiger partial charge in [0.1, 0.15) is 14.2 Å². The molecule has 0 amide bonds. The van der Waals surface area contributed by atoms with Crippen LogP contribution in [0.1, 0.15) is 36.0 Å². The molecule has 1 aromatic rings. The van der Waals surface area contributed by atoms with E-state index < -0.39 is 14.0 Å². The summed E-state index contributed by atoms with van der Waals surface area (Å²) >= 11 is 0. The number of hydrogen-bond donors (Lipinski definition) is 0. The second kappa shape index (κ2) is 6.87. The van der Waals surface area contributed by atoms with Gasteiger partial charge in [-0.25, -0.2) is 4.79 Å². The highest BCUT2D eigenvalue weighted by molar-refractivity contribution is 6.98. The van der Waals surface area contributed by atoms with E-state index in [0.717, 1.165) is 25.7 Å². The van der Waals surface area contributed by atoms with Gasteiger partial charge in [0.15, 0.2) is 0 Å². The van der Waals surface area contributed by atoms with Crippen molar-refractivity contribution in [1.29, 1.82) is 0 Å². The highest BCUT2D eigenvalue weighted by Gasteiger charge is 2.23. The molecule has 4 heteroatoms. The molecule has 1 saturated carbocycles. The van der Waals surface area contributed by atoms with Crippen LogP contribution < -0.4 is 5.19 Å². The van der Waals surface area contributed by atoms with Gasteiger partial charge in [-0.05, 0) is 25.0 Å². The third-order valence-corrected chi connectivity index (χ3v) is 7.43. The Morgan fingerprint density at radius 2 is 1.76 bits per heavy atom. The van der Waals surface area contributed by atoms with E-state index in [4.69, 9.17) is 9.78 Å². The maximum absolute atomic E-state index is 11.9. The van der Waals surface area contributed by atoms with E-state index in [-0.39, 0.29) is 6.10 Å². The Labute approximate surface area is 127 Å². The quantitative estimate of drug-likeness (QED) is 0.459. The molecule has 0 saturated heterocycles. The van der Waals surface area contributed by atoms with E-state index in [1.54, 1.807) is 12.1 Å². The van der Waals surface area contributed by atoms with Gasteiger partial charge < -0.3 is 0 Å². The normalized spacial score (nSPS) is 15.7. The van der Waals surface area contributed by atoms with Crippen molar-refractivity contribution < 1.29 is 14.6 Å². The Balaban J connectivity index is 1.99. The first kappa shape index (κ1) is 15.7. The van der Waals surface area contributed by atoms with E-state index in [1.165, 1.54) is 5.19 Å². The Bertz CT molecular complexity index is 507. The van der Waals surface area contributed by atoms with Gasteiger partial charge in [-0.15, -0.1) is 13.2 Å². The van der Waals surface area contributed by atoms with Crippen LogP contribution in [0.5, 0.6) is 0 Å². The molecule has 0 spiro atoms. The molecule has 3 nitrogen and oxygen atoms in total. The molecule has 1 aliphatic carbocycles. The molecule has 0 unspecified atom stereocenters. The minimum atomic E-state index is -1.83. The second-order valence-electron chi connectivity index (χ2n) is 5.64. The van der Waals surface area contributed by atoms with Crippen molar-refractivity contribution in [2.45, 2.75) is 38.3 Å². The third-order valence-electron chi connectivity index (χ3n) is 4.15. The molecule has 0 heterocycles. The van der Waals surface area contributed by atoms with Crippen LogP contribution in [0.3, 0.4) is 0 Å². The summed E-state index contributed by atoms with van der Waals surface area (Å²) in [5.74, 6) is -0.436. The average molecular weight is 302 g/mol. The fourth-order valence-corrected chi connectivity index (χ4v) is 3.95. The molecule has 1 fully saturated rings. The molecular formula is C17H22O3Si. The first-order valence-electron chi connectivity index (χ1n) is 7.34. The van der Waals surface area contributed by atoms with Gasteiger partial charge in [0.25, 0.3) is 0 Å². The molecule has 0 radical (unpaired) electrons. The Morgan fingerprint density at radius 1 is 1.19 bits per heavy atom. The Hall–Kier alpha value is -1.65. The van der Waals surface area contributed by atoms with Gasteiger partial charge >= 0.3 is 5.97 Å². The van der Waals surface area contributed by atoms with Gasteiger partial charge in [-0.3, -0.25) is 4.89 Å². The van der Waals surface area contributed by atoms with E-state index in [1.807, 2.05) is 23.5 Å². The summed E-state index contributed by atoms with van der Waals surface area (Å²) in [6.07, 6.45) is 4.28. The van der Waals surface area contributed by atoms with Crippen LogP contribution in [0, 0.1) is 0 Å². The number of carbonyl (C=O) groups excluding carboxylic acids is 1. The van der Waals surface area contributed by atoms with Crippen LogP contribution in [0.4, 0.5) is 0 Å². The summed E-state index contributed by atoms with van der Waals surface area (Å²) in [5.41, 5.74) is 4.44. The predicted octanol–water partition coefficient (Wildman–Crippen LogP) is 3.45. The lowest BCUT2D eigenvalue weighted by atomic mass is 10.2. The summed E-state index contributed by atoms with van der Waals surface area (Å²) in [6.45, 7) is 9.94. The van der Waals surface area contributed by atoms with Gasteiger partial charge in [0, 0.05) is 0 Å². The van der Waals surface area contributed by atoms with Crippen LogP contribution in [-0.2, 0) is 9.78 Å². The van der Waals surface area contributed by atoms with Crippen LogP contribution in [0.2, 0.25) is 6.55 Å². The molecule has 112 valence electrons. The van der Waals surface area contributed by atoms with Gasteiger partial charge in [0.05, 0.1) is 5.56 Å². The van der Waals surface area contributed by atoms with Crippen molar-refractivity contribution in [2.24, 2.45) is 0 Å². The number of carbonyl (C=O) groups is 1. The van der Waals surface area contributed by atoms with Crippen LogP contribution in [0.15, 0.2) is 48.8 Å².